The number of nitrogens with one attached hydrogen (secondary N) is 3. The van der Waals surface area contributed by atoms with Crippen molar-refractivity contribution in [1.29, 1.82) is 0 Å². The first-order valence-electron chi connectivity index (χ1n) is 20.1. The highest BCUT2D eigenvalue weighted by Crippen LogP contribution is 2.46. The van der Waals surface area contributed by atoms with Gasteiger partial charge in [0, 0.05) is 30.5 Å². The Balaban J connectivity index is 0.00000420. The third kappa shape index (κ3) is 12.7. The third-order valence-corrected chi connectivity index (χ3v) is 11.3. The molecule has 9 heteroatoms. The van der Waals surface area contributed by atoms with Crippen molar-refractivity contribution in [2.45, 2.75) is 95.4 Å². The van der Waals surface area contributed by atoms with Crippen LogP contribution in [0.1, 0.15) is 99.5 Å². The van der Waals surface area contributed by atoms with Crippen molar-refractivity contribution in [2.75, 3.05) is 40.4 Å². The fraction of sp³-hybridized carbons (Fsp3) is 0.468. The molecule has 4 aromatic rings. The Morgan fingerprint density at radius 1 is 0.804 bits per heavy atom. The second-order valence-corrected chi connectivity index (χ2v) is 15.4. The van der Waals surface area contributed by atoms with E-state index in [0.717, 1.165) is 94.5 Å². The van der Waals surface area contributed by atoms with Gasteiger partial charge in [0.15, 0.2) is 11.5 Å². The molecule has 0 radical (unpaired) electrons. The van der Waals surface area contributed by atoms with Crippen LogP contribution in [0, 0.1) is 11.7 Å². The fourth-order valence-electron chi connectivity index (χ4n) is 8.43. The number of benzene rings is 4. The average molecular weight is 809 g/mol. The van der Waals surface area contributed by atoms with Crippen LogP contribution < -0.4 is 25.4 Å². The Labute approximate surface area is 348 Å². The monoisotopic (exact) mass is 807 g/mol. The van der Waals surface area contributed by atoms with Crippen molar-refractivity contribution < 1.29 is 18.7 Å². The number of ether oxygens (including phenoxy) is 2. The number of unbranched alkanes of at least 4 members (excludes halogenated alkanes) is 1. The molecule has 6 nitrogen and oxygen atoms in total. The molecule has 1 aliphatic heterocycles. The molecule has 0 aromatic heterocycles. The van der Waals surface area contributed by atoms with Gasteiger partial charge >= 0.3 is 0 Å². The van der Waals surface area contributed by atoms with Gasteiger partial charge in [-0.2, -0.15) is 0 Å². The molecule has 1 heterocycles. The zero-order valence-electron chi connectivity index (χ0n) is 33.8. The minimum Gasteiger partial charge on any atom is -0.493 e. The Bertz CT molecular complexity index is 1690. The Kier molecular flexibility index (Phi) is 19.7. The summed E-state index contributed by atoms with van der Waals surface area (Å²) in [5.74, 6) is 1.98. The van der Waals surface area contributed by atoms with Crippen LogP contribution in [-0.4, -0.2) is 46.3 Å². The van der Waals surface area contributed by atoms with Gasteiger partial charge in [-0.1, -0.05) is 99.5 Å². The average Bonchev–Trinajstić information content (AvgIpc) is 3.20. The lowest BCUT2D eigenvalue weighted by Gasteiger charge is -2.43. The number of aryl methyl sites for hydroxylation is 1. The van der Waals surface area contributed by atoms with Crippen molar-refractivity contribution in [3.63, 3.8) is 0 Å². The Morgan fingerprint density at radius 2 is 1.41 bits per heavy atom. The smallest absolute Gasteiger partial charge is 0.220 e. The Morgan fingerprint density at radius 3 is 2.04 bits per heavy atom. The van der Waals surface area contributed by atoms with E-state index in [1.807, 2.05) is 0 Å². The van der Waals surface area contributed by atoms with Gasteiger partial charge in [0.2, 0.25) is 5.91 Å². The number of carbonyl (C=O) groups is 1. The van der Waals surface area contributed by atoms with Gasteiger partial charge in [-0.3, -0.25) is 4.79 Å². The number of halogens is 3. The molecule has 0 fully saturated rings. The zero-order valence-corrected chi connectivity index (χ0v) is 35.5. The summed E-state index contributed by atoms with van der Waals surface area (Å²) in [5, 5.41) is 10.9. The molecule has 0 bridgehead atoms. The van der Waals surface area contributed by atoms with Crippen LogP contribution in [0.5, 0.6) is 11.5 Å². The fourth-order valence-corrected chi connectivity index (χ4v) is 8.43. The lowest BCUT2D eigenvalue weighted by Crippen LogP contribution is -2.47. The van der Waals surface area contributed by atoms with E-state index in [4.69, 9.17) is 9.47 Å². The number of hydrogen-bond donors (Lipinski definition) is 3. The summed E-state index contributed by atoms with van der Waals surface area (Å²) in [4.78, 5) is 12.9. The van der Waals surface area contributed by atoms with Gasteiger partial charge in [0.05, 0.1) is 14.2 Å². The first-order valence-corrected chi connectivity index (χ1v) is 20.1. The first kappa shape index (κ1) is 46.8. The lowest BCUT2D eigenvalue weighted by molar-refractivity contribution is -0.121. The molecule has 1 atom stereocenters. The number of rotatable bonds is 22. The van der Waals surface area contributed by atoms with E-state index in [0.29, 0.717) is 25.3 Å². The topological polar surface area (TPSA) is 71.6 Å². The molecule has 56 heavy (non-hydrogen) atoms. The molecule has 306 valence electrons. The lowest BCUT2D eigenvalue weighted by atomic mass is 9.67. The normalized spacial score (nSPS) is 15.0. The summed E-state index contributed by atoms with van der Waals surface area (Å²) < 4.78 is 25.0. The molecule has 4 aromatic carbocycles. The van der Waals surface area contributed by atoms with Gasteiger partial charge in [-0.15, -0.1) is 24.8 Å². The van der Waals surface area contributed by atoms with Crippen LogP contribution in [0.15, 0.2) is 97.1 Å². The van der Waals surface area contributed by atoms with E-state index >= 15 is 0 Å². The van der Waals surface area contributed by atoms with E-state index in [-0.39, 0.29) is 47.5 Å². The molecular weight excluding hydrogens is 744 g/mol. The first-order chi connectivity index (χ1) is 26.3. The standard InChI is InChI=1S/C47H62FN3O3.2ClH/c1-36(2)35-49-30-12-11-28-47(42-34-44(54-4)43(53-3)33-38(42)25-32-51-47)29-13-26-46(39-15-7-5-8-16-39,40-17-9-6-10-18-40)27-14-31-50-45(52)24-21-37-19-22-41(48)23-20-37;;/h5-10,15-20,22-23,33-34,36,49,51H,11-14,21,24-32,35H2,1-4H3,(H,50,52);2*1H. The zero-order chi connectivity index (χ0) is 38.2. The number of methoxy groups -OCH3 is 2. The number of amides is 1. The molecule has 0 aliphatic carbocycles. The Hall–Kier alpha value is -3.62. The SMILES string of the molecule is COc1cc2c(cc1OC)C(CCCCNCC(C)C)(CCCC(CCCNC(=O)CCc1ccc(F)cc1)(c1ccccc1)c1ccccc1)NCC2.Cl.Cl. The molecule has 3 N–H and O–H groups in total. The molecular formula is C47H64Cl2FN3O3. The minimum atomic E-state index is -0.260. The molecule has 0 saturated carbocycles. The highest BCUT2D eigenvalue weighted by molar-refractivity contribution is 5.85. The summed E-state index contributed by atoms with van der Waals surface area (Å²) in [6.07, 6.45) is 9.97. The van der Waals surface area contributed by atoms with Gasteiger partial charge in [0.25, 0.3) is 0 Å². The number of carbonyl (C=O) groups excluding carboxylic acids is 1. The van der Waals surface area contributed by atoms with Gasteiger partial charge in [0.1, 0.15) is 5.82 Å². The maximum Gasteiger partial charge on any atom is 0.220 e. The van der Waals surface area contributed by atoms with E-state index in [2.05, 4.69) is 103 Å². The predicted octanol–water partition coefficient (Wildman–Crippen LogP) is 10.1. The van der Waals surface area contributed by atoms with Crippen molar-refractivity contribution in [1.82, 2.24) is 16.0 Å². The van der Waals surface area contributed by atoms with Crippen LogP contribution in [0.3, 0.4) is 0 Å². The summed E-state index contributed by atoms with van der Waals surface area (Å²) in [6.45, 7) is 8.12. The largest absolute Gasteiger partial charge is 0.493 e. The van der Waals surface area contributed by atoms with Crippen molar-refractivity contribution in [3.05, 3.63) is 131 Å². The molecule has 0 saturated heterocycles. The van der Waals surface area contributed by atoms with Crippen molar-refractivity contribution in [3.8, 4) is 11.5 Å². The van der Waals surface area contributed by atoms with E-state index in [1.54, 1.807) is 26.4 Å². The highest BCUT2D eigenvalue weighted by atomic mass is 35.5. The molecule has 0 spiro atoms. The van der Waals surface area contributed by atoms with Crippen LogP contribution >= 0.6 is 24.8 Å². The maximum absolute atomic E-state index is 13.4. The van der Waals surface area contributed by atoms with Gasteiger partial charge in [-0.25, -0.2) is 4.39 Å². The number of fused-ring (bicyclic) bond motifs is 1. The predicted molar refractivity (Wildman–Crippen MR) is 233 cm³/mol. The summed E-state index contributed by atoms with van der Waals surface area (Å²) in [7, 11) is 3.44. The highest BCUT2D eigenvalue weighted by Gasteiger charge is 2.39. The second-order valence-electron chi connectivity index (χ2n) is 15.4. The maximum atomic E-state index is 13.4. The van der Waals surface area contributed by atoms with Crippen LogP contribution in [0.4, 0.5) is 4.39 Å². The second kappa shape index (κ2) is 23.6. The summed E-state index contributed by atoms with van der Waals surface area (Å²) in [5.41, 5.74) is 5.88. The van der Waals surface area contributed by atoms with Crippen molar-refractivity contribution in [2.24, 2.45) is 5.92 Å². The number of hydrogen-bond acceptors (Lipinski definition) is 5. The third-order valence-electron chi connectivity index (χ3n) is 11.3. The van der Waals surface area contributed by atoms with Crippen molar-refractivity contribution >= 4 is 30.7 Å². The quantitative estimate of drug-likeness (QED) is 0.0690. The molecule has 1 unspecified atom stereocenters. The van der Waals surface area contributed by atoms with E-state index < -0.39 is 0 Å². The summed E-state index contributed by atoms with van der Waals surface area (Å²) in [6, 6.07) is 32.7. The van der Waals surface area contributed by atoms with Crippen LogP contribution in [0.2, 0.25) is 0 Å². The minimum absolute atomic E-state index is 0. The van der Waals surface area contributed by atoms with E-state index in [9.17, 15) is 9.18 Å². The van der Waals surface area contributed by atoms with Crippen LogP contribution in [0.25, 0.3) is 0 Å². The van der Waals surface area contributed by atoms with Crippen LogP contribution in [-0.2, 0) is 28.6 Å². The molecule has 1 amide bonds. The molecule has 1 aliphatic rings. The summed E-state index contributed by atoms with van der Waals surface area (Å²) >= 11 is 0. The van der Waals surface area contributed by atoms with E-state index in [1.165, 1.54) is 34.4 Å². The van der Waals surface area contributed by atoms with Gasteiger partial charge < -0.3 is 25.4 Å². The van der Waals surface area contributed by atoms with Gasteiger partial charge in [-0.05, 0) is 122 Å². The molecule has 5 rings (SSSR count).